The Bertz CT molecular complexity index is 360. The number of aryl methyl sites for hydroxylation is 1. The SMILES string of the molecule is CCCN(C(C)C)C(C)c1ccc(C)cc1O. The molecule has 2 nitrogen and oxygen atoms in total. The van der Waals surface area contributed by atoms with Crippen molar-refractivity contribution in [2.75, 3.05) is 6.54 Å². The third-order valence-corrected chi connectivity index (χ3v) is 3.28. The summed E-state index contributed by atoms with van der Waals surface area (Å²) in [7, 11) is 0. The van der Waals surface area contributed by atoms with E-state index >= 15 is 0 Å². The smallest absolute Gasteiger partial charge is 0.120 e. The molecule has 0 aliphatic heterocycles. The summed E-state index contributed by atoms with van der Waals surface area (Å²) < 4.78 is 0. The zero-order chi connectivity index (χ0) is 13.0. The Balaban J connectivity index is 2.96. The summed E-state index contributed by atoms with van der Waals surface area (Å²) in [6.07, 6.45) is 1.13. The van der Waals surface area contributed by atoms with Gasteiger partial charge in [0.15, 0.2) is 0 Å². The molecule has 1 unspecified atom stereocenters. The average Bonchev–Trinajstić information content (AvgIpc) is 2.24. The molecule has 0 radical (unpaired) electrons. The molecule has 1 aromatic carbocycles. The second-order valence-electron chi connectivity index (χ2n) is 5.07. The highest BCUT2D eigenvalue weighted by atomic mass is 16.3. The molecule has 0 saturated heterocycles. The number of hydrogen-bond donors (Lipinski definition) is 1. The van der Waals surface area contributed by atoms with Crippen LogP contribution in [0, 0.1) is 6.92 Å². The molecule has 2 heteroatoms. The van der Waals surface area contributed by atoms with Crippen LogP contribution in [0.3, 0.4) is 0 Å². The minimum atomic E-state index is 0.260. The van der Waals surface area contributed by atoms with Crippen LogP contribution in [0.4, 0.5) is 0 Å². The molecule has 0 bridgehead atoms. The topological polar surface area (TPSA) is 23.5 Å². The van der Waals surface area contributed by atoms with Gasteiger partial charge in [-0.1, -0.05) is 19.1 Å². The molecule has 96 valence electrons. The van der Waals surface area contributed by atoms with Crippen LogP contribution in [0.2, 0.25) is 0 Å². The van der Waals surface area contributed by atoms with Crippen LogP contribution in [0.5, 0.6) is 5.75 Å². The van der Waals surface area contributed by atoms with Crippen molar-refractivity contribution in [2.45, 2.75) is 53.1 Å². The van der Waals surface area contributed by atoms with Crippen LogP contribution in [-0.2, 0) is 0 Å². The van der Waals surface area contributed by atoms with Gasteiger partial charge in [-0.15, -0.1) is 0 Å². The molecule has 0 aliphatic carbocycles. The summed E-state index contributed by atoms with van der Waals surface area (Å²) in [6, 6.07) is 6.70. The number of hydrogen-bond acceptors (Lipinski definition) is 2. The third kappa shape index (κ3) is 3.47. The largest absolute Gasteiger partial charge is 0.508 e. The standard InChI is InChI=1S/C15H25NO/c1-6-9-16(11(2)3)13(5)14-8-7-12(4)10-15(14)17/h7-8,10-11,13,17H,6,9H2,1-5H3. The Morgan fingerprint density at radius 1 is 1.24 bits per heavy atom. The highest BCUT2D eigenvalue weighted by molar-refractivity contribution is 5.37. The lowest BCUT2D eigenvalue weighted by molar-refractivity contribution is 0.162. The van der Waals surface area contributed by atoms with E-state index in [1.54, 1.807) is 0 Å². The van der Waals surface area contributed by atoms with Crippen molar-refractivity contribution in [1.29, 1.82) is 0 Å². The molecule has 0 amide bonds. The first-order valence-corrected chi connectivity index (χ1v) is 6.52. The van der Waals surface area contributed by atoms with Crippen molar-refractivity contribution in [1.82, 2.24) is 4.90 Å². The quantitative estimate of drug-likeness (QED) is 0.837. The van der Waals surface area contributed by atoms with E-state index in [0.29, 0.717) is 11.8 Å². The molecule has 1 rings (SSSR count). The van der Waals surface area contributed by atoms with E-state index in [1.807, 2.05) is 19.1 Å². The van der Waals surface area contributed by atoms with Crippen molar-refractivity contribution < 1.29 is 5.11 Å². The first-order valence-electron chi connectivity index (χ1n) is 6.52. The van der Waals surface area contributed by atoms with E-state index < -0.39 is 0 Å². The van der Waals surface area contributed by atoms with Crippen molar-refractivity contribution in [2.24, 2.45) is 0 Å². The van der Waals surface area contributed by atoms with Gasteiger partial charge in [-0.3, -0.25) is 4.90 Å². The molecule has 1 N–H and O–H groups in total. The van der Waals surface area contributed by atoms with Gasteiger partial charge < -0.3 is 5.11 Å². The zero-order valence-electron chi connectivity index (χ0n) is 11.7. The van der Waals surface area contributed by atoms with Crippen LogP contribution in [0.1, 0.15) is 51.3 Å². The highest BCUT2D eigenvalue weighted by Gasteiger charge is 2.20. The highest BCUT2D eigenvalue weighted by Crippen LogP contribution is 2.30. The summed E-state index contributed by atoms with van der Waals surface area (Å²) >= 11 is 0. The van der Waals surface area contributed by atoms with E-state index in [0.717, 1.165) is 24.1 Å². The lowest BCUT2D eigenvalue weighted by atomic mass is 10.0. The van der Waals surface area contributed by atoms with Gasteiger partial charge in [0.2, 0.25) is 0 Å². The maximum absolute atomic E-state index is 10.0. The van der Waals surface area contributed by atoms with Gasteiger partial charge in [0.25, 0.3) is 0 Å². The molecule has 1 aromatic rings. The predicted octanol–water partition coefficient (Wildman–Crippen LogP) is 3.88. The van der Waals surface area contributed by atoms with E-state index in [1.165, 1.54) is 0 Å². The van der Waals surface area contributed by atoms with Crippen molar-refractivity contribution in [3.05, 3.63) is 29.3 Å². The number of rotatable bonds is 5. The van der Waals surface area contributed by atoms with Crippen molar-refractivity contribution in [3.8, 4) is 5.75 Å². The number of nitrogens with zero attached hydrogens (tertiary/aromatic N) is 1. The lowest BCUT2D eigenvalue weighted by Crippen LogP contribution is -2.34. The van der Waals surface area contributed by atoms with Crippen molar-refractivity contribution in [3.63, 3.8) is 0 Å². The first kappa shape index (κ1) is 14.0. The third-order valence-electron chi connectivity index (χ3n) is 3.28. The fourth-order valence-corrected chi connectivity index (χ4v) is 2.34. The summed E-state index contributed by atoms with van der Waals surface area (Å²) in [4.78, 5) is 2.42. The second kappa shape index (κ2) is 6.06. The van der Waals surface area contributed by atoms with E-state index in [2.05, 4.69) is 38.7 Å². The van der Waals surface area contributed by atoms with Crippen LogP contribution in [-0.4, -0.2) is 22.6 Å². The monoisotopic (exact) mass is 235 g/mol. The number of phenolic OH excluding ortho intramolecular Hbond substituents is 1. The minimum Gasteiger partial charge on any atom is -0.508 e. The zero-order valence-corrected chi connectivity index (χ0v) is 11.7. The maximum Gasteiger partial charge on any atom is 0.120 e. The van der Waals surface area contributed by atoms with Gasteiger partial charge in [-0.2, -0.15) is 0 Å². The molecule has 0 spiro atoms. The molecular formula is C15H25NO. The number of aromatic hydroxyl groups is 1. The molecule has 0 fully saturated rings. The Labute approximate surface area is 105 Å². The van der Waals surface area contributed by atoms with E-state index in [4.69, 9.17) is 0 Å². The van der Waals surface area contributed by atoms with Gasteiger partial charge in [0, 0.05) is 17.6 Å². The predicted molar refractivity (Wildman–Crippen MR) is 73.4 cm³/mol. The number of phenols is 1. The summed E-state index contributed by atoms with van der Waals surface area (Å²) in [5.74, 6) is 0.416. The Morgan fingerprint density at radius 3 is 2.35 bits per heavy atom. The molecule has 0 aromatic heterocycles. The normalized spacial score (nSPS) is 13.4. The van der Waals surface area contributed by atoms with E-state index in [9.17, 15) is 5.11 Å². The summed E-state index contributed by atoms with van der Waals surface area (Å²) in [5, 5.41) is 10.0. The first-order chi connectivity index (χ1) is 7.97. The molecule has 17 heavy (non-hydrogen) atoms. The lowest BCUT2D eigenvalue weighted by Gasteiger charge is -2.33. The molecular weight excluding hydrogens is 210 g/mol. The Hall–Kier alpha value is -1.02. The average molecular weight is 235 g/mol. The van der Waals surface area contributed by atoms with Gasteiger partial charge in [-0.05, 0) is 52.3 Å². The van der Waals surface area contributed by atoms with Crippen LogP contribution < -0.4 is 0 Å². The maximum atomic E-state index is 10.0. The Morgan fingerprint density at radius 2 is 1.88 bits per heavy atom. The fraction of sp³-hybridized carbons (Fsp3) is 0.600. The van der Waals surface area contributed by atoms with E-state index in [-0.39, 0.29) is 6.04 Å². The van der Waals surface area contributed by atoms with Gasteiger partial charge in [-0.25, -0.2) is 0 Å². The van der Waals surface area contributed by atoms with Gasteiger partial charge in [0.1, 0.15) is 5.75 Å². The molecule has 0 aliphatic rings. The summed E-state index contributed by atoms with van der Waals surface area (Å²) in [5.41, 5.74) is 2.13. The fourth-order valence-electron chi connectivity index (χ4n) is 2.34. The van der Waals surface area contributed by atoms with Crippen LogP contribution in [0.25, 0.3) is 0 Å². The Kier molecular flexibility index (Phi) is 5.01. The van der Waals surface area contributed by atoms with Crippen LogP contribution >= 0.6 is 0 Å². The molecule has 0 heterocycles. The second-order valence-corrected chi connectivity index (χ2v) is 5.07. The van der Waals surface area contributed by atoms with Crippen LogP contribution in [0.15, 0.2) is 18.2 Å². The number of benzene rings is 1. The van der Waals surface area contributed by atoms with Gasteiger partial charge in [0.05, 0.1) is 0 Å². The molecule has 1 atom stereocenters. The minimum absolute atomic E-state index is 0.260. The van der Waals surface area contributed by atoms with Crippen molar-refractivity contribution >= 4 is 0 Å². The summed E-state index contributed by atoms with van der Waals surface area (Å²) in [6.45, 7) is 11.8. The molecule has 0 saturated carbocycles. The van der Waals surface area contributed by atoms with Gasteiger partial charge >= 0.3 is 0 Å².